The summed E-state index contributed by atoms with van der Waals surface area (Å²) in [5.41, 5.74) is 1.92. The van der Waals surface area contributed by atoms with E-state index in [0.717, 1.165) is 0 Å². The molecule has 1 aromatic heterocycles. The van der Waals surface area contributed by atoms with Gasteiger partial charge in [-0.2, -0.15) is 0 Å². The summed E-state index contributed by atoms with van der Waals surface area (Å²) in [6.07, 6.45) is 0. The minimum atomic E-state index is -1.20. The van der Waals surface area contributed by atoms with E-state index in [1.165, 1.54) is 22.6 Å². The molecule has 116 valence electrons. The van der Waals surface area contributed by atoms with Crippen LogP contribution >= 0.6 is 0 Å². The number of carbonyl (C=O) groups excluding carboxylic acids is 1. The summed E-state index contributed by atoms with van der Waals surface area (Å²) in [6.45, 7) is 6.35. The zero-order valence-electron chi connectivity index (χ0n) is 13.1. The lowest BCUT2D eigenvalue weighted by Gasteiger charge is -2.21. The molecule has 0 spiro atoms. The summed E-state index contributed by atoms with van der Waals surface area (Å²) in [7, 11) is 1.62. The lowest BCUT2D eigenvalue weighted by atomic mass is 9.87. The van der Waals surface area contributed by atoms with Crippen molar-refractivity contribution < 1.29 is 19.1 Å². The summed E-state index contributed by atoms with van der Waals surface area (Å²) in [4.78, 5) is 24.5. The van der Waals surface area contributed by atoms with Crippen molar-refractivity contribution in [2.45, 2.75) is 26.2 Å². The highest BCUT2D eigenvalue weighted by Crippen LogP contribution is 2.25. The molecule has 0 aliphatic rings. The third kappa shape index (κ3) is 3.19. The summed E-state index contributed by atoms with van der Waals surface area (Å²) in [5.74, 6) is -1.84. The molecule has 1 N–H and O–H groups in total. The van der Waals surface area contributed by atoms with Gasteiger partial charge >= 0.3 is 5.97 Å². The summed E-state index contributed by atoms with van der Waals surface area (Å²) >= 11 is 0. The van der Waals surface area contributed by atoms with Gasteiger partial charge in [-0.1, -0.05) is 32.9 Å². The molecule has 0 atom stereocenters. The topological polar surface area (TPSA) is 70.8 Å². The second-order valence-electron chi connectivity index (χ2n) is 6.13. The average Bonchev–Trinajstić information content (AvgIpc) is 2.95. The highest BCUT2D eigenvalue weighted by Gasteiger charge is 2.20. The molecule has 1 heterocycles. The van der Waals surface area contributed by atoms with Crippen LogP contribution < -0.4 is 4.90 Å². The molecule has 1 aromatic carbocycles. The largest absolute Gasteiger partial charge is 0.475 e. The molecule has 0 saturated heterocycles. The van der Waals surface area contributed by atoms with Crippen LogP contribution in [0.1, 0.15) is 47.4 Å². The van der Waals surface area contributed by atoms with Crippen molar-refractivity contribution in [1.82, 2.24) is 0 Å². The van der Waals surface area contributed by atoms with E-state index in [1.54, 1.807) is 7.05 Å². The van der Waals surface area contributed by atoms with Crippen molar-refractivity contribution in [3.05, 3.63) is 53.5 Å². The maximum atomic E-state index is 12.3. The molecule has 0 radical (unpaired) electrons. The van der Waals surface area contributed by atoms with E-state index in [1.807, 2.05) is 24.3 Å². The Labute approximate surface area is 129 Å². The van der Waals surface area contributed by atoms with Gasteiger partial charge in [-0.25, -0.2) is 4.79 Å². The van der Waals surface area contributed by atoms with Crippen molar-refractivity contribution in [3.8, 4) is 0 Å². The Kier molecular flexibility index (Phi) is 4.08. The first-order valence-corrected chi connectivity index (χ1v) is 6.92. The summed E-state index contributed by atoms with van der Waals surface area (Å²) < 4.78 is 5.04. The van der Waals surface area contributed by atoms with Crippen LogP contribution in [-0.4, -0.2) is 24.0 Å². The van der Waals surface area contributed by atoms with Crippen LogP contribution in [0.5, 0.6) is 0 Å². The molecular weight excluding hydrogens is 282 g/mol. The zero-order chi connectivity index (χ0) is 16.5. The molecule has 0 aliphatic carbocycles. The number of carboxylic acid groups (broad SMARTS) is 1. The van der Waals surface area contributed by atoms with E-state index in [0.29, 0.717) is 5.69 Å². The number of nitrogens with zero attached hydrogens (tertiary/aromatic N) is 1. The Balaban J connectivity index is 2.21. The van der Waals surface area contributed by atoms with Crippen LogP contribution in [0.25, 0.3) is 0 Å². The Bertz CT molecular complexity index is 692. The van der Waals surface area contributed by atoms with Crippen LogP contribution in [0.15, 0.2) is 40.8 Å². The highest BCUT2D eigenvalue weighted by atomic mass is 16.4. The van der Waals surface area contributed by atoms with Gasteiger partial charge in [0.05, 0.1) is 0 Å². The van der Waals surface area contributed by atoms with Crippen molar-refractivity contribution in [3.63, 3.8) is 0 Å². The molecular formula is C17H19NO4. The SMILES string of the molecule is CN(C(=O)c1ccc(C(=O)O)o1)c1ccc(C(C)(C)C)cc1. The van der Waals surface area contributed by atoms with Gasteiger partial charge in [-0.3, -0.25) is 4.79 Å². The highest BCUT2D eigenvalue weighted by molar-refractivity contribution is 6.04. The first-order chi connectivity index (χ1) is 10.2. The van der Waals surface area contributed by atoms with Crippen molar-refractivity contribution in [1.29, 1.82) is 0 Å². The Hall–Kier alpha value is -2.56. The predicted octanol–water partition coefficient (Wildman–Crippen LogP) is 3.55. The minimum absolute atomic E-state index is 0.000187. The fourth-order valence-corrected chi connectivity index (χ4v) is 2.04. The molecule has 5 heteroatoms. The second kappa shape index (κ2) is 5.67. The molecule has 0 bridgehead atoms. The van der Waals surface area contributed by atoms with Gasteiger partial charge in [0.1, 0.15) is 0 Å². The van der Waals surface area contributed by atoms with Crippen molar-refractivity contribution in [2.24, 2.45) is 0 Å². The summed E-state index contributed by atoms with van der Waals surface area (Å²) in [5, 5.41) is 8.82. The molecule has 2 rings (SSSR count). The van der Waals surface area contributed by atoms with E-state index in [-0.39, 0.29) is 16.9 Å². The fraction of sp³-hybridized carbons (Fsp3) is 0.294. The third-order valence-electron chi connectivity index (χ3n) is 3.45. The van der Waals surface area contributed by atoms with E-state index >= 15 is 0 Å². The number of aromatic carboxylic acids is 1. The lowest BCUT2D eigenvalue weighted by molar-refractivity contribution is 0.0660. The van der Waals surface area contributed by atoms with Gasteiger partial charge in [0.2, 0.25) is 5.76 Å². The van der Waals surface area contributed by atoms with E-state index in [2.05, 4.69) is 20.8 Å². The number of amides is 1. The third-order valence-corrected chi connectivity index (χ3v) is 3.45. The number of carbonyl (C=O) groups is 2. The quantitative estimate of drug-likeness (QED) is 0.941. The van der Waals surface area contributed by atoms with Gasteiger partial charge < -0.3 is 14.4 Å². The maximum Gasteiger partial charge on any atom is 0.371 e. The molecule has 0 aliphatic heterocycles. The number of carboxylic acids is 1. The van der Waals surface area contributed by atoms with Crippen molar-refractivity contribution >= 4 is 17.6 Å². The lowest BCUT2D eigenvalue weighted by Crippen LogP contribution is -2.26. The molecule has 5 nitrogen and oxygen atoms in total. The van der Waals surface area contributed by atoms with E-state index in [9.17, 15) is 9.59 Å². The standard InChI is InChI=1S/C17H19NO4/c1-17(2,3)11-5-7-12(8-6-11)18(4)15(19)13-9-10-14(22-13)16(20)21/h5-10H,1-4H3,(H,20,21). The number of anilines is 1. The van der Waals surface area contributed by atoms with Gasteiger partial charge in [-0.05, 0) is 35.2 Å². The van der Waals surface area contributed by atoms with E-state index < -0.39 is 11.9 Å². The van der Waals surface area contributed by atoms with Crippen LogP contribution in [0.2, 0.25) is 0 Å². The van der Waals surface area contributed by atoms with Crippen LogP contribution in [0.4, 0.5) is 5.69 Å². The number of benzene rings is 1. The molecule has 0 unspecified atom stereocenters. The fourth-order valence-electron chi connectivity index (χ4n) is 2.04. The Morgan fingerprint density at radius 2 is 1.55 bits per heavy atom. The molecule has 1 amide bonds. The Morgan fingerprint density at radius 1 is 1.00 bits per heavy atom. The van der Waals surface area contributed by atoms with Gasteiger partial charge in [0, 0.05) is 12.7 Å². The second-order valence-corrected chi connectivity index (χ2v) is 6.13. The first-order valence-electron chi connectivity index (χ1n) is 6.92. The molecule has 0 saturated carbocycles. The average molecular weight is 301 g/mol. The Morgan fingerprint density at radius 3 is 2.00 bits per heavy atom. The molecule has 2 aromatic rings. The number of hydrogen-bond donors (Lipinski definition) is 1. The first kappa shape index (κ1) is 15.8. The monoisotopic (exact) mass is 301 g/mol. The summed E-state index contributed by atoms with van der Waals surface area (Å²) in [6, 6.07) is 10.3. The maximum absolute atomic E-state index is 12.3. The number of hydrogen-bond acceptors (Lipinski definition) is 3. The van der Waals surface area contributed by atoms with Crippen LogP contribution in [0.3, 0.4) is 0 Å². The van der Waals surface area contributed by atoms with Gasteiger partial charge in [-0.15, -0.1) is 0 Å². The molecule has 0 fully saturated rings. The van der Waals surface area contributed by atoms with Gasteiger partial charge in [0.25, 0.3) is 5.91 Å². The van der Waals surface area contributed by atoms with Gasteiger partial charge in [0.15, 0.2) is 5.76 Å². The number of furan rings is 1. The minimum Gasteiger partial charge on any atom is -0.475 e. The smallest absolute Gasteiger partial charge is 0.371 e. The number of rotatable bonds is 3. The molecule has 22 heavy (non-hydrogen) atoms. The normalized spacial score (nSPS) is 11.3. The zero-order valence-corrected chi connectivity index (χ0v) is 13.1. The van der Waals surface area contributed by atoms with Crippen LogP contribution in [0, 0.1) is 0 Å². The van der Waals surface area contributed by atoms with E-state index in [4.69, 9.17) is 9.52 Å². The van der Waals surface area contributed by atoms with Crippen molar-refractivity contribution in [2.75, 3.05) is 11.9 Å². The van der Waals surface area contributed by atoms with Crippen LogP contribution in [-0.2, 0) is 5.41 Å². The predicted molar refractivity (Wildman–Crippen MR) is 83.5 cm³/mol.